The normalized spacial score (nSPS) is 16.9. The molecule has 0 saturated carbocycles. The molecule has 1 saturated heterocycles. The Kier molecular flexibility index (Phi) is 7.32. The van der Waals surface area contributed by atoms with Crippen molar-refractivity contribution in [3.05, 3.63) is 58.8 Å². The molecule has 0 amide bonds. The van der Waals surface area contributed by atoms with Crippen LogP contribution in [0.4, 0.5) is 0 Å². The monoisotopic (exact) mass is 458 g/mol. The highest BCUT2D eigenvalue weighted by atomic mass is 32.2. The van der Waals surface area contributed by atoms with Gasteiger partial charge in [-0.25, -0.2) is 4.98 Å². The molecule has 164 valence electrons. The van der Waals surface area contributed by atoms with E-state index in [1.54, 1.807) is 23.1 Å². The zero-order valence-electron chi connectivity index (χ0n) is 17.7. The van der Waals surface area contributed by atoms with E-state index in [9.17, 15) is 4.79 Å². The maximum Gasteiger partial charge on any atom is 0.324 e. The van der Waals surface area contributed by atoms with Crippen LogP contribution in [0.25, 0.3) is 10.8 Å². The fraction of sp³-hybridized carbons (Fsp3) is 0.391. The minimum Gasteiger partial charge on any atom is -0.487 e. The van der Waals surface area contributed by atoms with Crippen molar-refractivity contribution in [3.63, 3.8) is 0 Å². The van der Waals surface area contributed by atoms with Crippen LogP contribution in [0, 0.1) is 6.92 Å². The Morgan fingerprint density at radius 1 is 1.29 bits per heavy atom. The molecule has 3 heterocycles. The molecule has 1 aliphatic rings. The van der Waals surface area contributed by atoms with Gasteiger partial charge in [0.2, 0.25) is 5.89 Å². The van der Waals surface area contributed by atoms with Crippen molar-refractivity contribution in [2.75, 3.05) is 24.7 Å². The third-order valence-corrected chi connectivity index (χ3v) is 6.99. The number of aromatic nitrogens is 1. The lowest BCUT2D eigenvalue weighted by molar-refractivity contribution is -0.148. The van der Waals surface area contributed by atoms with Crippen molar-refractivity contribution in [1.82, 2.24) is 9.88 Å². The quantitative estimate of drug-likeness (QED) is 0.451. The standard InChI is InChI=1S/C23H26N2O4S2/c1-3-27-23(26)20-15-30-12-10-25(20)13-17-6-8-18(9-7-17)28-14-19-16(2)29-22(24-19)21-5-4-11-31-21/h4-9,11,20H,3,10,12-15H2,1-2H3. The highest BCUT2D eigenvalue weighted by Crippen LogP contribution is 2.27. The second-order valence-corrected chi connectivity index (χ2v) is 9.34. The van der Waals surface area contributed by atoms with E-state index in [1.165, 1.54) is 0 Å². The SMILES string of the molecule is CCOC(=O)C1CSCCN1Cc1ccc(OCc2nc(-c3cccs3)oc2C)cc1. The first-order valence-electron chi connectivity index (χ1n) is 10.3. The predicted molar refractivity (Wildman–Crippen MR) is 123 cm³/mol. The second kappa shape index (κ2) is 10.3. The molecule has 1 aliphatic heterocycles. The maximum absolute atomic E-state index is 12.3. The molecular formula is C23H26N2O4S2. The lowest BCUT2D eigenvalue weighted by atomic mass is 10.1. The van der Waals surface area contributed by atoms with Gasteiger partial charge in [0, 0.05) is 24.6 Å². The summed E-state index contributed by atoms with van der Waals surface area (Å²) in [6, 6.07) is 11.8. The molecule has 1 unspecified atom stereocenters. The lowest BCUT2D eigenvalue weighted by Crippen LogP contribution is -2.47. The molecular weight excluding hydrogens is 432 g/mol. The van der Waals surface area contributed by atoms with E-state index in [0.717, 1.165) is 52.2 Å². The van der Waals surface area contributed by atoms with Crippen molar-refractivity contribution >= 4 is 29.1 Å². The Bertz CT molecular complexity index is 986. The first-order valence-corrected chi connectivity index (χ1v) is 12.4. The lowest BCUT2D eigenvalue weighted by Gasteiger charge is -2.33. The number of thioether (sulfide) groups is 1. The molecule has 1 atom stereocenters. The summed E-state index contributed by atoms with van der Waals surface area (Å²) in [5, 5.41) is 2.00. The molecule has 0 radical (unpaired) electrons. The van der Waals surface area contributed by atoms with Crippen molar-refractivity contribution in [3.8, 4) is 16.5 Å². The predicted octanol–water partition coefficient (Wildman–Crippen LogP) is 4.77. The maximum atomic E-state index is 12.3. The Hall–Kier alpha value is -2.29. The minimum absolute atomic E-state index is 0.125. The fourth-order valence-electron chi connectivity index (χ4n) is 3.43. The highest BCUT2D eigenvalue weighted by molar-refractivity contribution is 7.99. The molecule has 0 spiro atoms. The number of hydrogen-bond donors (Lipinski definition) is 0. The molecule has 3 aromatic rings. The van der Waals surface area contributed by atoms with Crippen LogP contribution in [0.2, 0.25) is 0 Å². The highest BCUT2D eigenvalue weighted by Gasteiger charge is 2.30. The summed E-state index contributed by atoms with van der Waals surface area (Å²) >= 11 is 3.41. The average Bonchev–Trinajstić information content (AvgIpc) is 3.44. The first kappa shape index (κ1) is 21.9. The van der Waals surface area contributed by atoms with Gasteiger partial charge >= 0.3 is 5.97 Å². The van der Waals surface area contributed by atoms with Crippen molar-refractivity contribution < 1.29 is 18.7 Å². The van der Waals surface area contributed by atoms with E-state index >= 15 is 0 Å². The number of aryl methyl sites for hydroxylation is 1. The van der Waals surface area contributed by atoms with Gasteiger partial charge in [0.1, 0.15) is 29.9 Å². The topological polar surface area (TPSA) is 64.8 Å². The average molecular weight is 459 g/mol. The van der Waals surface area contributed by atoms with Crippen LogP contribution in [-0.2, 0) is 22.7 Å². The Morgan fingerprint density at radius 3 is 2.87 bits per heavy atom. The van der Waals surface area contributed by atoms with Crippen molar-refractivity contribution in [1.29, 1.82) is 0 Å². The first-order chi connectivity index (χ1) is 15.1. The van der Waals surface area contributed by atoms with Crippen molar-refractivity contribution in [2.45, 2.75) is 33.0 Å². The second-order valence-electron chi connectivity index (χ2n) is 7.25. The van der Waals surface area contributed by atoms with Crippen LogP contribution in [0.3, 0.4) is 0 Å². The third kappa shape index (κ3) is 5.50. The molecule has 6 nitrogen and oxygen atoms in total. The number of carbonyl (C=O) groups is 1. The van der Waals surface area contributed by atoms with Gasteiger partial charge in [-0.05, 0) is 43.0 Å². The van der Waals surface area contributed by atoms with Gasteiger partial charge in [-0.15, -0.1) is 11.3 Å². The molecule has 8 heteroatoms. The van der Waals surface area contributed by atoms with Gasteiger partial charge < -0.3 is 13.9 Å². The Morgan fingerprint density at radius 2 is 2.13 bits per heavy atom. The van der Waals surface area contributed by atoms with Crippen LogP contribution in [-0.4, -0.2) is 46.6 Å². The number of ether oxygens (including phenoxy) is 2. The summed E-state index contributed by atoms with van der Waals surface area (Å²) in [6.45, 7) is 6.12. The number of thiophene rings is 1. The zero-order chi connectivity index (χ0) is 21.6. The number of carbonyl (C=O) groups excluding carboxylic acids is 1. The molecule has 1 fully saturated rings. The van der Waals surface area contributed by atoms with E-state index < -0.39 is 0 Å². The molecule has 0 N–H and O–H groups in total. The Balaban J connectivity index is 1.35. The minimum atomic E-state index is -0.178. The molecule has 4 rings (SSSR count). The molecule has 31 heavy (non-hydrogen) atoms. The van der Waals surface area contributed by atoms with E-state index in [4.69, 9.17) is 13.9 Å². The van der Waals surface area contributed by atoms with E-state index in [0.29, 0.717) is 19.1 Å². The molecule has 0 aliphatic carbocycles. The summed E-state index contributed by atoms with van der Waals surface area (Å²) in [5.41, 5.74) is 1.95. The van der Waals surface area contributed by atoms with Gasteiger partial charge in [0.25, 0.3) is 0 Å². The summed E-state index contributed by atoms with van der Waals surface area (Å²) < 4.78 is 17.0. The van der Waals surface area contributed by atoms with E-state index in [2.05, 4.69) is 9.88 Å². The van der Waals surface area contributed by atoms with Crippen molar-refractivity contribution in [2.24, 2.45) is 0 Å². The Labute approximate surface area is 190 Å². The van der Waals surface area contributed by atoms with Gasteiger partial charge in [-0.3, -0.25) is 9.69 Å². The van der Waals surface area contributed by atoms with Crippen LogP contribution in [0.15, 0.2) is 46.2 Å². The van der Waals surface area contributed by atoms with Crippen LogP contribution < -0.4 is 4.74 Å². The molecule has 1 aromatic carbocycles. The number of rotatable bonds is 8. The van der Waals surface area contributed by atoms with Gasteiger partial charge in [0.05, 0.1) is 11.5 Å². The zero-order valence-corrected chi connectivity index (χ0v) is 19.3. The summed E-state index contributed by atoms with van der Waals surface area (Å²) in [7, 11) is 0. The van der Waals surface area contributed by atoms with Crippen LogP contribution >= 0.6 is 23.1 Å². The molecule has 0 bridgehead atoms. The van der Waals surface area contributed by atoms with Gasteiger partial charge in [-0.1, -0.05) is 18.2 Å². The van der Waals surface area contributed by atoms with E-state index in [-0.39, 0.29) is 12.0 Å². The summed E-state index contributed by atoms with van der Waals surface area (Å²) in [4.78, 5) is 20.0. The van der Waals surface area contributed by atoms with Crippen LogP contribution in [0.5, 0.6) is 5.75 Å². The van der Waals surface area contributed by atoms with Gasteiger partial charge in [0.15, 0.2) is 0 Å². The number of oxazole rings is 1. The third-order valence-electron chi connectivity index (χ3n) is 5.11. The fourth-order valence-corrected chi connectivity index (χ4v) is 5.18. The number of esters is 1. The number of nitrogens with zero attached hydrogens (tertiary/aromatic N) is 2. The summed E-state index contributed by atoms with van der Waals surface area (Å²) in [5.74, 6) is 3.87. The largest absolute Gasteiger partial charge is 0.487 e. The smallest absolute Gasteiger partial charge is 0.324 e. The number of benzene rings is 1. The van der Waals surface area contributed by atoms with Crippen LogP contribution in [0.1, 0.15) is 23.9 Å². The summed E-state index contributed by atoms with van der Waals surface area (Å²) in [6.07, 6.45) is 0. The van der Waals surface area contributed by atoms with E-state index in [1.807, 2.05) is 55.6 Å². The molecule has 2 aromatic heterocycles. The number of hydrogen-bond acceptors (Lipinski definition) is 8. The van der Waals surface area contributed by atoms with Gasteiger partial charge in [-0.2, -0.15) is 11.8 Å².